The Bertz CT molecular complexity index is 641. The second-order valence-corrected chi connectivity index (χ2v) is 6.34. The van der Waals surface area contributed by atoms with Gasteiger partial charge in [0.1, 0.15) is 5.69 Å². The summed E-state index contributed by atoms with van der Waals surface area (Å²) in [6, 6.07) is 2.09. The molecule has 112 valence electrons. The maximum Gasteiger partial charge on any atom is 0.234 e. The number of pyridine rings is 1. The number of aryl methyl sites for hydroxylation is 2. The second-order valence-electron chi connectivity index (χ2n) is 6.34. The van der Waals surface area contributed by atoms with E-state index in [4.69, 9.17) is 4.52 Å². The average Bonchev–Trinajstić information content (AvgIpc) is 3.08. The average molecular weight is 286 g/mol. The second kappa shape index (κ2) is 5.22. The van der Waals surface area contributed by atoms with Crippen LogP contribution in [0.3, 0.4) is 0 Å². The molecule has 3 heterocycles. The van der Waals surface area contributed by atoms with Crippen LogP contribution in [-0.2, 0) is 5.41 Å². The molecule has 21 heavy (non-hydrogen) atoms. The Morgan fingerprint density at radius 2 is 2.14 bits per heavy atom. The molecular weight excluding hydrogens is 264 g/mol. The van der Waals surface area contributed by atoms with Gasteiger partial charge in [0, 0.05) is 12.7 Å². The van der Waals surface area contributed by atoms with Gasteiger partial charge in [-0.15, -0.1) is 0 Å². The molecule has 1 atom stereocenters. The van der Waals surface area contributed by atoms with Crippen LogP contribution in [-0.4, -0.2) is 28.2 Å². The molecule has 0 radical (unpaired) electrons. The van der Waals surface area contributed by atoms with Crippen LogP contribution in [0.1, 0.15) is 37.3 Å². The molecule has 1 aliphatic rings. The Balaban J connectivity index is 2.00. The molecule has 1 N–H and O–H groups in total. The third-order valence-corrected chi connectivity index (χ3v) is 4.57. The maximum atomic E-state index is 5.61. The Morgan fingerprint density at radius 1 is 1.33 bits per heavy atom. The zero-order valence-corrected chi connectivity index (χ0v) is 13.1. The summed E-state index contributed by atoms with van der Waals surface area (Å²) in [5, 5.41) is 7.59. The Hall–Kier alpha value is -1.75. The minimum atomic E-state index is -0.0517. The zero-order valence-electron chi connectivity index (χ0n) is 13.1. The highest BCUT2D eigenvalue weighted by atomic mass is 16.5. The van der Waals surface area contributed by atoms with Crippen LogP contribution in [0.5, 0.6) is 0 Å². The molecule has 0 aliphatic carbocycles. The Morgan fingerprint density at radius 3 is 2.76 bits per heavy atom. The van der Waals surface area contributed by atoms with Gasteiger partial charge in [0.2, 0.25) is 11.7 Å². The topological polar surface area (TPSA) is 63.8 Å². The number of hydrogen-bond donors (Lipinski definition) is 1. The third-order valence-electron chi connectivity index (χ3n) is 4.57. The van der Waals surface area contributed by atoms with Gasteiger partial charge in [0.05, 0.1) is 5.41 Å². The normalized spacial score (nSPS) is 22.1. The lowest BCUT2D eigenvalue weighted by Gasteiger charge is -2.27. The van der Waals surface area contributed by atoms with Crippen molar-refractivity contribution < 1.29 is 4.52 Å². The standard InChI is InChI=1S/C16H22N4O/c1-10(2)16(5-6-17-9-16)15-19-14(20-21-15)13-12(4)7-11(3)8-18-13/h7-8,10,17H,5-6,9H2,1-4H3. The minimum absolute atomic E-state index is 0.0517. The fourth-order valence-electron chi connectivity index (χ4n) is 3.10. The number of aromatic nitrogens is 3. The van der Waals surface area contributed by atoms with Crippen molar-refractivity contribution in [1.82, 2.24) is 20.4 Å². The number of rotatable bonds is 3. The first-order valence-corrected chi connectivity index (χ1v) is 7.51. The lowest BCUT2D eigenvalue weighted by Crippen LogP contribution is -2.35. The van der Waals surface area contributed by atoms with E-state index in [0.717, 1.165) is 42.2 Å². The number of nitrogens with zero attached hydrogens (tertiary/aromatic N) is 3. The van der Waals surface area contributed by atoms with Crippen LogP contribution in [0.4, 0.5) is 0 Å². The fourth-order valence-corrected chi connectivity index (χ4v) is 3.10. The third kappa shape index (κ3) is 2.35. The summed E-state index contributed by atoms with van der Waals surface area (Å²) < 4.78 is 5.61. The van der Waals surface area contributed by atoms with Gasteiger partial charge in [0.15, 0.2) is 0 Å². The van der Waals surface area contributed by atoms with Gasteiger partial charge in [0.25, 0.3) is 0 Å². The predicted octanol–water partition coefficient (Wildman–Crippen LogP) is 2.64. The molecule has 2 aromatic rings. The van der Waals surface area contributed by atoms with E-state index in [2.05, 4.69) is 40.4 Å². The largest absolute Gasteiger partial charge is 0.338 e. The van der Waals surface area contributed by atoms with Crippen molar-refractivity contribution in [3.8, 4) is 11.5 Å². The van der Waals surface area contributed by atoms with E-state index in [1.54, 1.807) is 0 Å². The van der Waals surface area contributed by atoms with Crippen molar-refractivity contribution in [1.29, 1.82) is 0 Å². The molecule has 0 aromatic carbocycles. The van der Waals surface area contributed by atoms with Gasteiger partial charge in [-0.05, 0) is 43.9 Å². The van der Waals surface area contributed by atoms with Crippen molar-refractivity contribution >= 4 is 0 Å². The van der Waals surface area contributed by atoms with E-state index < -0.39 is 0 Å². The van der Waals surface area contributed by atoms with Crippen molar-refractivity contribution in [3.63, 3.8) is 0 Å². The van der Waals surface area contributed by atoms with Crippen LogP contribution in [0.15, 0.2) is 16.8 Å². The van der Waals surface area contributed by atoms with Gasteiger partial charge in [-0.1, -0.05) is 25.1 Å². The van der Waals surface area contributed by atoms with Gasteiger partial charge in [-0.3, -0.25) is 4.98 Å². The molecule has 3 rings (SSSR count). The Labute approximate surface area is 125 Å². The Kier molecular flexibility index (Phi) is 3.53. The summed E-state index contributed by atoms with van der Waals surface area (Å²) in [6.07, 6.45) is 2.88. The molecular formula is C16H22N4O. The first-order chi connectivity index (χ1) is 10.0. The van der Waals surface area contributed by atoms with E-state index in [0.29, 0.717) is 11.7 Å². The summed E-state index contributed by atoms with van der Waals surface area (Å²) >= 11 is 0. The smallest absolute Gasteiger partial charge is 0.234 e. The van der Waals surface area contributed by atoms with Crippen LogP contribution >= 0.6 is 0 Å². The van der Waals surface area contributed by atoms with Crippen molar-refractivity contribution in [3.05, 3.63) is 29.3 Å². The maximum absolute atomic E-state index is 5.61. The summed E-state index contributed by atoms with van der Waals surface area (Å²) in [6.45, 7) is 10.4. The molecule has 2 aromatic heterocycles. The quantitative estimate of drug-likeness (QED) is 0.939. The van der Waals surface area contributed by atoms with E-state index in [9.17, 15) is 0 Å². The van der Waals surface area contributed by atoms with Crippen LogP contribution in [0, 0.1) is 19.8 Å². The molecule has 5 heteroatoms. The molecule has 0 spiro atoms. The zero-order chi connectivity index (χ0) is 15.0. The fraction of sp³-hybridized carbons (Fsp3) is 0.562. The summed E-state index contributed by atoms with van der Waals surface area (Å²) in [5.41, 5.74) is 2.97. The first-order valence-electron chi connectivity index (χ1n) is 7.51. The van der Waals surface area contributed by atoms with E-state index in [1.807, 2.05) is 20.0 Å². The van der Waals surface area contributed by atoms with Gasteiger partial charge < -0.3 is 9.84 Å². The highest BCUT2D eigenvalue weighted by Crippen LogP contribution is 2.37. The lowest BCUT2D eigenvalue weighted by molar-refractivity contribution is 0.234. The summed E-state index contributed by atoms with van der Waals surface area (Å²) in [4.78, 5) is 9.12. The lowest BCUT2D eigenvalue weighted by atomic mass is 9.76. The molecule has 1 unspecified atom stereocenters. The summed E-state index contributed by atoms with van der Waals surface area (Å²) in [5.74, 6) is 1.78. The molecule has 0 bridgehead atoms. The number of nitrogens with one attached hydrogen (secondary N) is 1. The highest BCUT2D eigenvalue weighted by Gasteiger charge is 2.43. The van der Waals surface area contributed by atoms with E-state index in [-0.39, 0.29) is 5.41 Å². The van der Waals surface area contributed by atoms with Crippen LogP contribution < -0.4 is 5.32 Å². The molecule has 0 saturated carbocycles. The number of hydrogen-bond acceptors (Lipinski definition) is 5. The van der Waals surface area contributed by atoms with E-state index >= 15 is 0 Å². The highest BCUT2D eigenvalue weighted by molar-refractivity contribution is 5.54. The predicted molar refractivity (Wildman–Crippen MR) is 81.0 cm³/mol. The molecule has 1 fully saturated rings. The molecule has 1 saturated heterocycles. The van der Waals surface area contributed by atoms with Gasteiger partial charge in [-0.25, -0.2) is 0 Å². The van der Waals surface area contributed by atoms with Crippen LogP contribution in [0.2, 0.25) is 0 Å². The van der Waals surface area contributed by atoms with Crippen molar-refractivity contribution in [2.45, 2.75) is 39.5 Å². The van der Waals surface area contributed by atoms with Crippen LogP contribution in [0.25, 0.3) is 11.5 Å². The van der Waals surface area contributed by atoms with Gasteiger partial charge >= 0.3 is 0 Å². The van der Waals surface area contributed by atoms with Gasteiger partial charge in [-0.2, -0.15) is 4.98 Å². The SMILES string of the molecule is Cc1cnc(-c2noc(C3(C(C)C)CCNC3)n2)c(C)c1. The summed E-state index contributed by atoms with van der Waals surface area (Å²) in [7, 11) is 0. The monoisotopic (exact) mass is 286 g/mol. The molecule has 1 aliphatic heterocycles. The van der Waals surface area contributed by atoms with Crippen molar-refractivity contribution in [2.75, 3.05) is 13.1 Å². The molecule has 5 nitrogen and oxygen atoms in total. The first kappa shape index (κ1) is 14.2. The van der Waals surface area contributed by atoms with Crippen molar-refractivity contribution in [2.24, 2.45) is 5.92 Å². The molecule has 0 amide bonds. The van der Waals surface area contributed by atoms with E-state index in [1.165, 1.54) is 0 Å². The minimum Gasteiger partial charge on any atom is -0.338 e.